The van der Waals surface area contributed by atoms with E-state index < -0.39 is 58.2 Å². The number of alkyl halides is 6. The summed E-state index contributed by atoms with van der Waals surface area (Å²) in [5.41, 5.74) is -3.48. The van der Waals surface area contributed by atoms with E-state index in [-0.39, 0.29) is 17.8 Å². The lowest BCUT2D eigenvalue weighted by atomic mass is 9.81. The third-order valence-corrected chi connectivity index (χ3v) is 7.52. The summed E-state index contributed by atoms with van der Waals surface area (Å²) in [4.78, 5) is 29.9. The molecule has 13 heteroatoms. The number of carbonyl (C=O) groups is 2. The van der Waals surface area contributed by atoms with Gasteiger partial charge >= 0.3 is 18.3 Å². The number of benzene rings is 2. The molecule has 1 aliphatic rings. The number of aryl methyl sites for hydroxylation is 1. The molecule has 4 rings (SSSR count). The lowest BCUT2D eigenvalue weighted by Gasteiger charge is -2.27. The molecule has 2 aromatic carbocycles. The van der Waals surface area contributed by atoms with Gasteiger partial charge in [0.05, 0.1) is 47.3 Å². The van der Waals surface area contributed by atoms with Crippen molar-refractivity contribution in [2.75, 3.05) is 12.4 Å². The van der Waals surface area contributed by atoms with E-state index in [0.717, 1.165) is 0 Å². The third kappa shape index (κ3) is 6.82. The molecule has 43 heavy (non-hydrogen) atoms. The number of pyridine rings is 1. The van der Waals surface area contributed by atoms with Gasteiger partial charge in [0.1, 0.15) is 11.9 Å². The van der Waals surface area contributed by atoms with Crippen LogP contribution in [0.3, 0.4) is 0 Å². The van der Waals surface area contributed by atoms with E-state index in [9.17, 15) is 40.3 Å². The second-order valence-electron chi connectivity index (χ2n) is 10.9. The molecule has 1 fully saturated rings. The minimum Gasteiger partial charge on any atom is -0.468 e. The summed E-state index contributed by atoms with van der Waals surface area (Å²) in [5.74, 6) is -1.85. The number of carbonyl (C=O) groups excluding carboxylic acids is 2. The Morgan fingerprint density at radius 3 is 2.07 bits per heavy atom. The Labute approximate surface area is 242 Å². The van der Waals surface area contributed by atoms with E-state index in [1.165, 1.54) is 45.4 Å². The van der Waals surface area contributed by atoms with Crippen molar-refractivity contribution >= 4 is 17.6 Å². The van der Waals surface area contributed by atoms with Crippen molar-refractivity contribution in [2.45, 2.75) is 63.5 Å². The van der Waals surface area contributed by atoms with E-state index in [2.05, 4.69) is 15.6 Å². The minimum absolute atomic E-state index is 0.00262. The Hall–Kier alpha value is -4.00. The summed E-state index contributed by atoms with van der Waals surface area (Å²) in [6, 6.07) is 5.71. The molecule has 0 radical (unpaired) electrons. The zero-order valence-corrected chi connectivity index (χ0v) is 23.5. The van der Waals surface area contributed by atoms with Gasteiger partial charge in [-0.25, -0.2) is 4.39 Å². The number of halogens is 7. The number of anilines is 1. The molecule has 1 saturated heterocycles. The number of methoxy groups -OCH3 is 1. The SMILES string of the molecule is COC(=O)[C@@H]1CC[C@H](c2cc(-c3ccc(F)cc3C)c(NC(=O)C(C)(C)c3cc(C(F)(F)F)cc(C(F)(F)F)c3)cn2)N1. The summed E-state index contributed by atoms with van der Waals surface area (Å²) < 4.78 is 99.7. The smallest absolute Gasteiger partial charge is 0.416 e. The Morgan fingerprint density at radius 1 is 0.907 bits per heavy atom. The van der Waals surface area contributed by atoms with Gasteiger partial charge in [-0.15, -0.1) is 0 Å². The largest absolute Gasteiger partial charge is 0.468 e. The van der Waals surface area contributed by atoms with Crippen LogP contribution < -0.4 is 10.6 Å². The van der Waals surface area contributed by atoms with Crippen molar-refractivity contribution in [3.63, 3.8) is 0 Å². The topological polar surface area (TPSA) is 80.3 Å². The van der Waals surface area contributed by atoms with Gasteiger partial charge < -0.3 is 10.1 Å². The number of hydrogen-bond acceptors (Lipinski definition) is 5. The average molecular weight is 612 g/mol. The molecular formula is C30H28F7N3O3. The number of nitrogens with zero attached hydrogens (tertiary/aromatic N) is 1. The average Bonchev–Trinajstić information content (AvgIpc) is 3.42. The molecule has 3 aromatic rings. The van der Waals surface area contributed by atoms with Crippen molar-refractivity contribution in [2.24, 2.45) is 0 Å². The van der Waals surface area contributed by atoms with Crippen LogP contribution in [0.2, 0.25) is 0 Å². The standard InChI is InChI=1S/C30H28F7N3O3/c1-15-9-19(31)5-6-20(15)21-13-24(22-7-8-23(39-22)26(41)43-4)38-14-25(21)40-27(42)28(2,3)16-10-17(29(32,33)34)12-18(11-16)30(35,36)37/h5-6,9-14,22-23,39H,7-8H2,1-4H3,(H,40,42)/t22-,23+/m1/s1. The highest BCUT2D eigenvalue weighted by molar-refractivity contribution is 6.01. The molecular weight excluding hydrogens is 583 g/mol. The fraction of sp³-hybridized carbons (Fsp3) is 0.367. The molecule has 0 aliphatic carbocycles. The van der Waals surface area contributed by atoms with Crippen LogP contribution in [0.15, 0.2) is 48.7 Å². The molecule has 2 N–H and O–H groups in total. The van der Waals surface area contributed by atoms with E-state index in [4.69, 9.17) is 4.74 Å². The summed E-state index contributed by atoms with van der Waals surface area (Å²) in [6.07, 6.45) is -7.85. The fourth-order valence-electron chi connectivity index (χ4n) is 4.94. The van der Waals surface area contributed by atoms with Crippen LogP contribution in [-0.4, -0.2) is 30.0 Å². The van der Waals surface area contributed by atoms with Gasteiger partial charge in [-0.2, -0.15) is 26.3 Å². The molecule has 0 saturated carbocycles. The lowest BCUT2D eigenvalue weighted by molar-refractivity contribution is -0.144. The van der Waals surface area contributed by atoms with Gasteiger partial charge in [0, 0.05) is 5.56 Å². The Bertz CT molecular complexity index is 1520. The van der Waals surface area contributed by atoms with Gasteiger partial charge in [-0.1, -0.05) is 6.07 Å². The van der Waals surface area contributed by atoms with Gasteiger partial charge in [0.25, 0.3) is 0 Å². The third-order valence-electron chi connectivity index (χ3n) is 7.52. The van der Waals surface area contributed by atoms with E-state index in [0.29, 0.717) is 47.4 Å². The van der Waals surface area contributed by atoms with Crippen molar-refractivity contribution in [1.29, 1.82) is 0 Å². The fourth-order valence-corrected chi connectivity index (χ4v) is 4.94. The highest BCUT2D eigenvalue weighted by Gasteiger charge is 2.40. The van der Waals surface area contributed by atoms with E-state index >= 15 is 0 Å². The second kappa shape index (κ2) is 11.6. The highest BCUT2D eigenvalue weighted by Crippen LogP contribution is 2.40. The minimum atomic E-state index is -5.09. The van der Waals surface area contributed by atoms with Crippen molar-refractivity contribution in [1.82, 2.24) is 10.3 Å². The summed E-state index contributed by atoms with van der Waals surface area (Å²) in [6.45, 7) is 4.05. The molecule has 2 atom stereocenters. The summed E-state index contributed by atoms with van der Waals surface area (Å²) in [5, 5.41) is 5.74. The predicted octanol–water partition coefficient (Wildman–Crippen LogP) is 7.12. The van der Waals surface area contributed by atoms with Gasteiger partial charge in [-0.05, 0) is 86.7 Å². The number of aromatic nitrogens is 1. The lowest BCUT2D eigenvalue weighted by Crippen LogP contribution is -2.35. The monoisotopic (exact) mass is 611 g/mol. The number of esters is 1. The first-order chi connectivity index (χ1) is 19.9. The van der Waals surface area contributed by atoms with Crippen LogP contribution in [-0.2, 0) is 32.1 Å². The maximum absolute atomic E-state index is 13.9. The quantitative estimate of drug-likeness (QED) is 0.229. The van der Waals surface area contributed by atoms with Crippen molar-refractivity contribution in [3.8, 4) is 11.1 Å². The van der Waals surface area contributed by atoms with Gasteiger partial charge in [0.2, 0.25) is 5.91 Å². The molecule has 0 unspecified atom stereocenters. The Kier molecular flexibility index (Phi) is 8.60. The Balaban J connectivity index is 1.75. The zero-order chi connectivity index (χ0) is 31.9. The first kappa shape index (κ1) is 31.9. The number of hydrogen-bond donors (Lipinski definition) is 2. The predicted molar refractivity (Wildman–Crippen MR) is 143 cm³/mol. The molecule has 2 heterocycles. The maximum Gasteiger partial charge on any atom is 0.416 e. The Morgan fingerprint density at radius 2 is 1.51 bits per heavy atom. The van der Waals surface area contributed by atoms with Crippen LogP contribution in [0, 0.1) is 12.7 Å². The molecule has 0 spiro atoms. The van der Waals surface area contributed by atoms with Crippen LogP contribution in [0.5, 0.6) is 0 Å². The van der Waals surface area contributed by atoms with E-state index in [1.54, 1.807) is 13.0 Å². The molecule has 6 nitrogen and oxygen atoms in total. The van der Waals surface area contributed by atoms with Crippen LogP contribution in [0.4, 0.5) is 36.4 Å². The summed E-state index contributed by atoms with van der Waals surface area (Å²) >= 11 is 0. The second-order valence-corrected chi connectivity index (χ2v) is 10.9. The van der Waals surface area contributed by atoms with Gasteiger partial charge in [0.15, 0.2) is 0 Å². The highest BCUT2D eigenvalue weighted by atomic mass is 19.4. The first-order valence-corrected chi connectivity index (χ1v) is 13.1. The van der Waals surface area contributed by atoms with Crippen LogP contribution in [0.25, 0.3) is 11.1 Å². The number of rotatable bonds is 6. The van der Waals surface area contributed by atoms with Crippen molar-refractivity contribution < 1.29 is 45.1 Å². The molecule has 230 valence electrons. The normalized spacial score (nSPS) is 17.6. The summed E-state index contributed by atoms with van der Waals surface area (Å²) in [7, 11) is 1.27. The van der Waals surface area contributed by atoms with Gasteiger partial charge in [-0.3, -0.25) is 19.9 Å². The molecule has 1 aromatic heterocycles. The molecule has 1 amide bonds. The molecule has 0 bridgehead atoms. The van der Waals surface area contributed by atoms with Crippen molar-refractivity contribution in [3.05, 3.63) is 82.4 Å². The first-order valence-electron chi connectivity index (χ1n) is 13.1. The maximum atomic E-state index is 13.9. The van der Waals surface area contributed by atoms with Crippen LogP contribution in [0.1, 0.15) is 60.7 Å². The zero-order valence-electron chi connectivity index (χ0n) is 23.5. The molecule has 1 aliphatic heterocycles. The number of ether oxygens (including phenoxy) is 1. The van der Waals surface area contributed by atoms with E-state index in [1.807, 2.05) is 0 Å². The number of nitrogens with one attached hydrogen (secondary N) is 2. The number of amides is 1. The van der Waals surface area contributed by atoms with Crippen LogP contribution >= 0.6 is 0 Å².